The van der Waals surface area contributed by atoms with Crippen LogP contribution in [0.3, 0.4) is 0 Å². The van der Waals surface area contributed by atoms with Crippen LogP contribution in [0.4, 0.5) is 4.39 Å². The van der Waals surface area contributed by atoms with E-state index in [1.165, 1.54) is 31.3 Å². The maximum Gasteiger partial charge on any atom is 0.295 e. The fourth-order valence-corrected chi connectivity index (χ4v) is 4.80. The van der Waals surface area contributed by atoms with E-state index in [1.54, 1.807) is 36.5 Å². The molecule has 37 heavy (non-hydrogen) atoms. The van der Waals surface area contributed by atoms with E-state index in [2.05, 4.69) is 4.98 Å². The summed E-state index contributed by atoms with van der Waals surface area (Å²) in [5.41, 5.74) is 2.52. The van der Waals surface area contributed by atoms with E-state index in [4.69, 9.17) is 9.47 Å². The molecule has 3 aromatic carbocycles. The molecule has 2 N–H and O–H groups in total. The van der Waals surface area contributed by atoms with Crippen molar-refractivity contribution < 1.29 is 28.6 Å². The highest BCUT2D eigenvalue weighted by Gasteiger charge is 2.47. The summed E-state index contributed by atoms with van der Waals surface area (Å²) in [5, 5.41) is 12.3. The van der Waals surface area contributed by atoms with Crippen LogP contribution in [-0.4, -0.2) is 47.4 Å². The Bertz CT molecular complexity index is 1520. The molecule has 1 atom stereocenters. The van der Waals surface area contributed by atoms with Crippen LogP contribution in [0.15, 0.2) is 78.5 Å². The molecule has 0 saturated carbocycles. The number of amides is 1. The highest BCUT2D eigenvalue weighted by molar-refractivity contribution is 6.46. The Balaban J connectivity index is 1.66. The summed E-state index contributed by atoms with van der Waals surface area (Å²) < 4.78 is 24.1. The second kappa shape index (κ2) is 9.81. The number of H-pyrrole nitrogens is 1. The lowest BCUT2D eigenvalue weighted by Gasteiger charge is -2.25. The number of fused-ring (bicyclic) bond motifs is 1. The van der Waals surface area contributed by atoms with Gasteiger partial charge in [0, 0.05) is 29.2 Å². The second-order valence-electron chi connectivity index (χ2n) is 8.72. The van der Waals surface area contributed by atoms with Gasteiger partial charge < -0.3 is 24.5 Å². The molecule has 1 unspecified atom stereocenters. The summed E-state index contributed by atoms with van der Waals surface area (Å²) in [6.07, 6.45) is 2.15. The van der Waals surface area contributed by atoms with Crippen LogP contribution in [0.1, 0.15) is 22.7 Å². The van der Waals surface area contributed by atoms with E-state index in [1.807, 2.05) is 24.3 Å². The molecule has 1 aromatic heterocycles. The quantitative estimate of drug-likeness (QED) is 0.212. The summed E-state index contributed by atoms with van der Waals surface area (Å²) >= 11 is 0. The zero-order valence-corrected chi connectivity index (χ0v) is 20.3. The third kappa shape index (κ3) is 4.31. The average Bonchev–Trinajstić information content (AvgIpc) is 3.46. The van der Waals surface area contributed by atoms with Crippen molar-refractivity contribution in [3.05, 3.63) is 101 Å². The number of para-hydroxylation sites is 1. The molecular weight excluding hydrogens is 475 g/mol. The van der Waals surface area contributed by atoms with E-state index < -0.39 is 17.7 Å². The topological polar surface area (TPSA) is 91.9 Å². The van der Waals surface area contributed by atoms with Crippen molar-refractivity contribution in [2.75, 3.05) is 20.8 Å². The number of Topliss-reactive ketones (excluding diaryl/α,β-unsaturated/α-hetero) is 1. The van der Waals surface area contributed by atoms with Gasteiger partial charge in [-0.1, -0.05) is 30.3 Å². The molecule has 4 aromatic rings. The standard InChI is InChI=1S/C29H25FN2O5/c1-36-19-11-12-24(37-2)21(15-19)27(33)25-26(22-16-31-23-6-4-3-5-20(22)23)32(29(35)28(25)34)14-13-17-7-9-18(30)10-8-17/h3-12,15-16,26,31,33H,13-14H2,1-2H3/b27-25+. The fraction of sp³-hybridized carbons (Fsp3) is 0.172. The minimum Gasteiger partial charge on any atom is -0.507 e. The smallest absolute Gasteiger partial charge is 0.295 e. The number of methoxy groups -OCH3 is 2. The number of aliphatic hydroxyl groups is 1. The van der Waals surface area contributed by atoms with Crippen molar-refractivity contribution in [3.8, 4) is 11.5 Å². The number of carbonyl (C=O) groups excluding carboxylic acids is 2. The highest BCUT2D eigenvalue weighted by atomic mass is 19.1. The number of halogens is 1. The molecule has 0 radical (unpaired) electrons. The van der Waals surface area contributed by atoms with E-state index in [0.29, 0.717) is 23.5 Å². The number of hydrogen-bond donors (Lipinski definition) is 2. The first-order valence-corrected chi connectivity index (χ1v) is 11.7. The zero-order valence-electron chi connectivity index (χ0n) is 20.3. The van der Waals surface area contributed by atoms with Crippen molar-refractivity contribution in [1.29, 1.82) is 0 Å². The molecule has 2 heterocycles. The predicted molar refractivity (Wildman–Crippen MR) is 137 cm³/mol. The van der Waals surface area contributed by atoms with Crippen LogP contribution in [0.25, 0.3) is 16.7 Å². The average molecular weight is 501 g/mol. The number of aliphatic hydroxyl groups excluding tert-OH is 1. The Morgan fingerprint density at radius 3 is 2.51 bits per heavy atom. The van der Waals surface area contributed by atoms with Gasteiger partial charge in [0.1, 0.15) is 23.1 Å². The maximum atomic E-state index is 13.4. The van der Waals surface area contributed by atoms with Crippen LogP contribution in [0.2, 0.25) is 0 Å². The first-order valence-electron chi connectivity index (χ1n) is 11.7. The fourth-order valence-electron chi connectivity index (χ4n) is 4.80. The first kappa shape index (κ1) is 24.1. The molecule has 1 aliphatic heterocycles. The molecule has 5 rings (SSSR count). The van der Waals surface area contributed by atoms with Gasteiger partial charge in [-0.05, 0) is 48.4 Å². The Morgan fingerprint density at radius 2 is 1.78 bits per heavy atom. The summed E-state index contributed by atoms with van der Waals surface area (Å²) in [6.45, 7) is 0.187. The Morgan fingerprint density at radius 1 is 1.03 bits per heavy atom. The number of aromatic amines is 1. The monoisotopic (exact) mass is 500 g/mol. The molecule has 1 saturated heterocycles. The number of ketones is 1. The van der Waals surface area contributed by atoms with Crippen molar-refractivity contribution in [2.45, 2.75) is 12.5 Å². The minimum atomic E-state index is -0.854. The Labute approximate surface area is 212 Å². The van der Waals surface area contributed by atoms with Gasteiger partial charge in [0.25, 0.3) is 11.7 Å². The molecule has 188 valence electrons. The van der Waals surface area contributed by atoms with Crippen LogP contribution in [0, 0.1) is 5.82 Å². The van der Waals surface area contributed by atoms with Gasteiger partial charge in [0.15, 0.2) is 0 Å². The summed E-state index contributed by atoms with van der Waals surface area (Å²) in [4.78, 5) is 31.4. The maximum absolute atomic E-state index is 13.4. The molecule has 1 aliphatic rings. The summed E-state index contributed by atoms with van der Waals surface area (Å²) in [5.74, 6) is -1.44. The van der Waals surface area contributed by atoms with Gasteiger partial charge in [-0.2, -0.15) is 0 Å². The number of nitrogens with one attached hydrogen (secondary N) is 1. The van der Waals surface area contributed by atoms with E-state index >= 15 is 0 Å². The van der Waals surface area contributed by atoms with Gasteiger partial charge >= 0.3 is 0 Å². The van der Waals surface area contributed by atoms with Gasteiger partial charge in [0.2, 0.25) is 0 Å². The van der Waals surface area contributed by atoms with Crippen LogP contribution in [0.5, 0.6) is 11.5 Å². The number of carbonyl (C=O) groups is 2. The molecule has 7 nitrogen and oxygen atoms in total. The SMILES string of the molecule is COc1ccc(OC)c(/C(O)=C2\C(=O)C(=O)N(CCc3ccc(F)cc3)C2c2c[nH]c3ccccc23)c1. The Kier molecular flexibility index (Phi) is 6.40. The highest BCUT2D eigenvalue weighted by Crippen LogP contribution is 2.43. The predicted octanol–water partition coefficient (Wildman–Crippen LogP) is 4.99. The molecule has 8 heteroatoms. The minimum absolute atomic E-state index is 0.0413. The molecule has 0 aliphatic carbocycles. The lowest BCUT2D eigenvalue weighted by Crippen LogP contribution is -2.31. The number of nitrogens with zero attached hydrogens (tertiary/aromatic N) is 1. The van der Waals surface area contributed by atoms with E-state index in [9.17, 15) is 19.1 Å². The largest absolute Gasteiger partial charge is 0.507 e. The molecular formula is C29H25FN2O5. The van der Waals surface area contributed by atoms with Gasteiger partial charge in [0.05, 0.1) is 31.4 Å². The number of benzene rings is 3. The molecule has 0 spiro atoms. The van der Waals surface area contributed by atoms with Crippen LogP contribution in [-0.2, 0) is 16.0 Å². The lowest BCUT2D eigenvalue weighted by atomic mass is 9.94. The van der Waals surface area contributed by atoms with Gasteiger partial charge in [-0.15, -0.1) is 0 Å². The summed E-state index contributed by atoms with van der Waals surface area (Å²) in [7, 11) is 2.95. The second-order valence-corrected chi connectivity index (χ2v) is 8.72. The molecule has 0 bridgehead atoms. The number of aromatic nitrogens is 1. The number of hydrogen-bond acceptors (Lipinski definition) is 5. The molecule has 1 fully saturated rings. The zero-order chi connectivity index (χ0) is 26.1. The van der Waals surface area contributed by atoms with Crippen LogP contribution >= 0.6 is 0 Å². The normalized spacial score (nSPS) is 16.9. The number of ether oxygens (including phenoxy) is 2. The van der Waals surface area contributed by atoms with Crippen LogP contribution < -0.4 is 9.47 Å². The van der Waals surface area contributed by atoms with E-state index in [-0.39, 0.29) is 29.3 Å². The van der Waals surface area contributed by atoms with Crippen molar-refractivity contribution in [1.82, 2.24) is 9.88 Å². The number of likely N-dealkylation sites (tertiary alicyclic amines) is 1. The Hall–Kier alpha value is -4.59. The third-order valence-corrected chi connectivity index (χ3v) is 6.67. The van der Waals surface area contributed by atoms with Crippen molar-refractivity contribution in [3.63, 3.8) is 0 Å². The number of rotatable bonds is 7. The van der Waals surface area contributed by atoms with E-state index in [0.717, 1.165) is 16.5 Å². The lowest BCUT2D eigenvalue weighted by molar-refractivity contribution is -0.139. The third-order valence-electron chi connectivity index (χ3n) is 6.67. The van der Waals surface area contributed by atoms with Crippen molar-refractivity contribution in [2.24, 2.45) is 0 Å². The van der Waals surface area contributed by atoms with Gasteiger partial charge in [-0.3, -0.25) is 9.59 Å². The molecule has 1 amide bonds. The first-order chi connectivity index (χ1) is 17.9. The van der Waals surface area contributed by atoms with Gasteiger partial charge in [-0.25, -0.2) is 4.39 Å². The van der Waals surface area contributed by atoms with Crippen molar-refractivity contribution >= 4 is 28.4 Å². The summed E-state index contributed by atoms with van der Waals surface area (Å²) in [6, 6.07) is 17.6.